The van der Waals surface area contributed by atoms with Gasteiger partial charge in [-0.05, 0) is 0 Å². The Labute approximate surface area is 51.3 Å². The fraction of sp³-hybridized carbons (Fsp3) is 0.500. The van der Waals surface area contributed by atoms with Crippen molar-refractivity contribution in [3.05, 3.63) is 0 Å². The molecule has 0 saturated heterocycles. The molecule has 9 heavy (non-hydrogen) atoms. The monoisotopic (exact) mass is 130 g/mol. The highest BCUT2D eigenvalue weighted by molar-refractivity contribution is 5.80. The average Bonchev–Trinajstić information content (AvgIpc) is 2.34. The van der Waals surface area contributed by atoms with Crippen LogP contribution in [0.4, 0.5) is 0 Å². The number of hydrogen-bond acceptors (Lipinski definition) is 5. The van der Waals surface area contributed by atoms with Crippen LogP contribution in [-0.4, -0.2) is 30.1 Å². The lowest BCUT2D eigenvalue weighted by Crippen LogP contribution is -2.23. The fourth-order valence-electron chi connectivity index (χ4n) is 0.466. The molecule has 0 amide bonds. The van der Waals surface area contributed by atoms with E-state index < -0.39 is 6.23 Å². The van der Waals surface area contributed by atoms with E-state index in [1.54, 1.807) is 0 Å². The summed E-state index contributed by atoms with van der Waals surface area (Å²) in [6, 6.07) is 0. The second-order valence-corrected chi connectivity index (χ2v) is 1.47. The first-order valence-electron chi connectivity index (χ1n) is 2.41. The lowest BCUT2D eigenvalue weighted by atomic mass is 10.6. The number of nitrogens with zero attached hydrogens (tertiary/aromatic N) is 1. The Bertz CT molecular complexity index is 145. The normalized spacial score (nSPS) is 24.1. The van der Waals surface area contributed by atoms with E-state index in [4.69, 9.17) is 5.11 Å². The van der Waals surface area contributed by atoms with Crippen molar-refractivity contribution < 1.29 is 14.6 Å². The van der Waals surface area contributed by atoms with Gasteiger partial charge in [0.1, 0.15) is 6.61 Å². The Balaban J connectivity index is 2.39. The van der Waals surface area contributed by atoms with E-state index in [9.17, 15) is 4.79 Å². The van der Waals surface area contributed by atoms with Gasteiger partial charge in [-0.3, -0.25) is 10.2 Å². The Kier molecular flexibility index (Phi) is 1.64. The lowest BCUT2D eigenvalue weighted by Gasteiger charge is -1.99. The zero-order valence-corrected chi connectivity index (χ0v) is 4.57. The largest absolute Gasteiger partial charge is 0.445 e. The van der Waals surface area contributed by atoms with Crippen LogP contribution in [0.25, 0.3) is 0 Å². The van der Waals surface area contributed by atoms with Crippen molar-refractivity contribution >= 4 is 12.2 Å². The molecule has 0 aliphatic carbocycles. The molecule has 5 heteroatoms. The minimum Gasteiger partial charge on any atom is -0.445 e. The number of aliphatic hydroxyl groups is 1. The first kappa shape index (κ1) is 6.03. The Morgan fingerprint density at radius 1 is 2.00 bits per heavy atom. The first-order valence-corrected chi connectivity index (χ1v) is 2.41. The molecule has 0 radical (unpaired) electrons. The summed E-state index contributed by atoms with van der Waals surface area (Å²) in [4.78, 5) is 9.93. The molecule has 0 spiro atoms. The maximum atomic E-state index is 9.93. The summed E-state index contributed by atoms with van der Waals surface area (Å²) in [6.07, 6.45) is -0.154. The predicted octanol–water partition coefficient (Wildman–Crippen LogP) is -1.56. The van der Waals surface area contributed by atoms with E-state index in [1.165, 1.54) is 0 Å². The first-order chi connectivity index (χ1) is 4.36. The van der Waals surface area contributed by atoms with E-state index in [2.05, 4.69) is 15.3 Å². The smallest absolute Gasteiger partial charge is 0.242 e. The molecule has 1 unspecified atom stereocenters. The number of aliphatic hydroxyl groups excluding tert-OH is 1. The second-order valence-electron chi connectivity index (χ2n) is 1.47. The SMILES string of the molecule is O=CC1NN=C(CO)O1. The van der Waals surface area contributed by atoms with Gasteiger partial charge in [0.25, 0.3) is 0 Å². The van der Waals surface area contributed by atoms with Gasteiger partial charge in [-0.1, -0.05) is 0 Å². The van der Waals surface area contributed by atoms with Crippen LogP contribution in [0.5, 0.6) is 0 Å². The molecule has 2 N–H and O–H groups in total. The third kappa shape index (κ3) is 1.17. The number of ether oxygens (including phenoxy) is 1. The molecule has 1 aliphatic heterocycles. The maximum absolute atomic E-state index is 9.93. The van der Waals surface area contributed by atoms with Gasteiger partial charge in [-0.25, -0.2) is 0 Å². The summed E-state index contributed by atoms with van der Waals surface area (Å²) in [6.45, 7) is -0.280. The molecular weight excluding hydrogens is 124 g/mol. The third-order valence-corrected chi connectivity index (χ3v) is 0.838. The van der Waals surface area contributed by atoms with Gasteiger partial charge in [0, 0.05) is 0 Å². The molecule has 1 heterocycles. The minimum atomic E-state index is -0.716. The number of nitrogens with one attached hydrogen (secondary N) is 1. The number of hydrogen-bond donors (Lipinski definition) is 2. The van der Waals surface area contributed by atoms with Crippen LogP contribution in [0, 0.1) is 0 Å². The van der Waals surface area contributed by atoms with Gasteiger partial charge < -0.3 is 9.84 Å². The molecule has 0 bridgehead atoms. The summed E-state index contributed by atoms with van der Waals surface area (Å²) < 4.78 is 4.68. The van der Waals surface area contributed by atoms with Gasteiger partial charge in [0.15, 0.2) is 6.29 Å². The van der Waals surface area contributed by atoms with Crippen LogP contribution in [0.2, 0.25) is 0 Å². The average molecular weight is 130 g/mol. The highest BCUT2D eigenvalue weighted by Gasteiger charge is 2.15. The summed E-state index contributed by atoms with van der Waals surface area (Å²) in [5.74, 6) is 0.145. The molecule has 0 saturated carbocycles. The Morgan fingerprint density at radius 2 is 2.78 bits per heavy atom. The third-order valence-electron chi connectivity index (χ3n) is 0.838. The standard InChI is InChI=1S/C4H6N2O3/c7-1-3-5-6-4(2-8)9-3/h1,3,5,8H,2H2. The molecular formula is C4H6N2O3. The van der Waals surface area contributed by atoms with Crippen molar-refractivity contribution in [1.29, 1.82) is 0 Å². The van der Waals surface area contributed by atoms with Gasteiger partial charge >= 0.3 is 0 Å². The Morgan fingerprint density at radius 3 is 3.11 bits per heavy atom. The van der Waals surface area contributed by atoms with Gasteiger partial charge in [0.2, 0.25) is 12.1 Å². The van der Waals surface area contributed by atoms with Crippen LogP contribution >= 0.6 is 0 Å². The highest BCUT2D eigenvalue weighted by Crippen LogP contribution is 1.94. The van der Waals surface area contributed by atoms with Crippen LogP contribution < -0.4 is 5.43 Å². The highest BCUT2D eigenvalue weighted by atomic mass is 16.5. The predicted molar refractivity (Wildman–Crippen MR) is 28.6 cm³/mol. The maximum Gasteiger partial charge on any atom is 0.242 e. The van der Waals surface area contributed by atoms with Crippen molar-refractivity contribution in [2.24, 2.45) is 5.10 Å². The van der Waals surface area contributed by atoms with E-state index in [0.717, 1.165) is 0 Å². The molecule has 50 valence electrons. The van der Waals surface area contributed by atoms with Gasteiger partial charge in [0.05, 0.1) is 0 Å². The molecule has 1 rings (SSSR count). The zero-order chi connectivity index (χ0) is 6.69. The molecule has 1 aliphatic rings. The minimum absolute atomic E-state index is 0.145. The number of aldehydes is 1. The zero-order valence-electron chi connectivity index (χ0n) is 4.57. The van der Waals surface area contributed by atoms with E-state index in [0.29, 0.717) is 6.29 Å². The number of carbonyl (C=O) groups is 1. The Hall–Kier alpha value is -1.10. The van der Waals surface area contributed by atoms with Gasteiger partial charge in [-0.2, -0.15) is 0 Å². The lowest BCUT2D eigenvalue weighted by molar-refractivity contribution is -0.114. The van der Waals surface area contributed by atoms with Crippen molar-refractivity contribution in [3.8, 4) is 0 Å². The molecule has 0 fully saturated rings. The molecule has 0 aromatic rings. The van der Waals surface area contributed by atoms with E-state index in [-0.39, 0.29) is 12.5 Å². The topological polar surface area (TPSA) is 70.9 Å². The second kappa shape index (κ2) is 2.45. The van der Waals surface area contributed by atoms with E-state index >= 15 is 0 Å². The van der Waals surface area contributed by atoms with Crippen LogP contribution in [0.3, 0.4) is 0 Å². The number of rotatable bonds is 2. The summed E-state index contributed by atoms with van der Waals surface area (Å²) in [7, 11) is 0. The van der Waals surface area contributed by atoms with Crippen molar-refractivity contribution in [2.75, 3.05) is 6.61 Å². The number of hydrazone groups is 1. The molecule has 5 nitrogen and oxygen atoms in total. The number of carbonyl (C=O) groups excluding carboxylic acids is 1. The fourth-order valence-corrected chi connectivity index (χ4v) is 0.466. The summed E-state index contributed by atoms with van der Waals surface area (Å²) >= 11 is 0. The molecule has 0 aromatic carbocycles. The van der Waals surface area contributed by atoms with Crippen molar-refractivity contribution in [3.63, 3.8) is 0 Å². The van der Waals surface area contributed by atoms with Crippen molar-refractivity contribution in [2.45, 2.75) is 6.23 Å². The van der Waals surface area contributed by atoms with Gasteiger partial charge in [-0.15, -0.1) is 5.10 Å². The quantitative estimate of drug-likeness (QED) is 0.443. The molecule has 1 atom stereocenters. The van der Waals surface area contributed by atoms with E-state index in [1.807, 2.05) is 0 Å². The van der Waals surface area contributed by atoms with Crippen LogP contribution in [0.1, 0.15) is 0 Å². The van der Waals surface area contributed by atoms with Crippen molar-refractivity contribution in [1.82, 2.24) is 5.43 Å². The summed E-state index contributed by atoms with van der Waals surface area (Å²) in [5.41, 5.74) is 2.34. The molecule has 0 aromatic heterocycles. The van der Waals surface area contributed by atoms with Crippen LogP contribution in [-0.2, 0) is 9.53 Å². The summed E-state index contributed by atoms with van der Waals surface area (Å²) in [5, 5.41) is 11.8. The van der Waals surface area contributed by atoms with Crippen LogP contribution in [0.15, 0.2) is 5.10 Å².